The third-order valence-corrected chi connectivity index (χ3v) is 3.52. The van der Waals surface area contributed by atoms with Crippen molar-refractivity contribution in [2.75, 3.05) is 7.11 Å². The minimum atomic E-state index is -0.464. The second-order valence-electron chi connectivity index (χ2n) is 4.81. The van der Waals surface area contributed by atoms with Crippen molar-refractivity contribution in [3.63, 3.8) is 0 Å². The molecule has 0 aromatic heterocycles. The van der Waals surface area contributed by atoms with E-state index in [9.17, 15) is 9.50 Å². The third-order valence-electron chi connectivity index (χ3n) is 3.52. The zero-order chi connectivity index (χ0) is 11.8. The van der Waals surface area contributed by atoms with Gasteiger partial charge in [0.2, 0.25) is 0 Å². The van der Waals surface area contributed by atoms with E-state index in [-0.39, 0.29) is 17.0 Å². The van der Waals surface area contributed by atoms with Crippen LogP contribution in [0.1, 0.15) is 25.3 Å². The Morgan fingerprint density at radius 1 is 1.50 bits per heavy atom. The van der Waals surface area contributed by atoms with E-state index in [4.69, 9.17) is 4.74 Å². The van der Waals surface area contributed by atoms with Crippen LogP contribution < -0.4 is 4.74 Å². The first-order valence-corrected chi connectivity index (χ1v) is 5.56. The molecule has 1 saturated carbocycles. The first kappa shape index (κ1) is 11.4. The average molecular weight is 224 g/mol. The van der Waals surface area contributed by atoms with Gasteiger partial charge in [-0.15, -0.1) is 0 Å². The summed E-state index contributed by atoms with van der Waals surface area (Å²) in [4.78, 5) is 0. The van der Waals surface area contributed by atoms with Gasteiger partial charge in [0, 0.05) is 6.42 Å². The summed E-state index contributed by atoms with van der Waals surface area (Å²) < 4.78 is 18.7. The lowest BCUT2D eigenvalue weighted by atomic mass is 9.95. The van der Waals surface area contributed by atoms with Crippen LogP contribution in [0.5, 0.6) is 5.75 Å². The van der Waals surface area contributed by atoms with Gasteiger partial charge in [0.15, 0.2) is 11.6 Å². The molecule has 0 saturated heterocycles. The highest BCUT2D eigenvalue weighted by Gasteiger charge is 2.44. The lowest BCUT2D eigenvalue weighted by Crippen LogP contribution is -2.22. The van der Waals surface area contributed by atoms with Gasteiger partial charge >= 0.3 is 0 Å². The maximum atomic E-state index is 13.8. The number of methoxy groups -OCH3 is 1. The van der Waals surface area contributed by atoms with Crippen LogP contribution in [0.25, 0.3) is 0 Å². The standard InChI is InChI=1S/C13H17FO2/c1-13(6-7-13)11(15)8-9-4-3-5-10(16-2)12(9)14/h3-5,11,15H,6-8H2,1-2H3. The van der Waals surface area contributed by atoms with Crippen molar-refractivity contribution in [2.45, 2.75) is 32.3 Å². The largest absolute Gasteiger partial charge is 0.494 e. The molecule has 0 radical (unpaired) electrons. The molecule has 1 atom stereocenters. The van der Waals surface area contributed by atoms with Crippen molar-refractivity contribution in [1.82, 2.24) is 0 Å². The predicted octanol–water partition coefficient (Wildman–Crippen LogP) is 2.54. The number of benzene rings is 1. The summed E-state index contributed by atoms with van der Waals surface area (Å²) in [5.41, 5.74) is 0.523. The highest BCUT2D eigenvalue weighted by Crippen LogP contribution is 2.49. The Kier molecular flexibility index (Phi) is 2.89. The molecule has 1 fully saturated rings. The summed E-state index contributed by atoms with van der Waals surface area (Å²) in [6.07, 6.45) is 1.95. The number of rotatable bonds is 4. The van der Waals surface area contributed by atoms with Crippen LogP contribution in [-0.4, -0.2) is 18.3 Å². The van der Waals surface area contributed by atoms with E-state index in [0.29, 0.717) is 12.0 Å². The Morgan fingerprint density at radius 3 is 2.75 bits per heavy atom. The van der Waals surface area contributed by atoms with E-state index < -0.39 is 6.10 Å². The third kappa shape index (κ3) is 2.05. The van der Waals surface area contributed by atoms with E-state index in [1.54, 1.807) is 18.2 Å². The molecular weight excluding hydrogens is 207 g/mol. The molecule has 0 aliphatic heterocycles. The maximum absolute atomic E-state index is 13.8. The van der Waals surface area contributed by atoms with Gasteiger partial charge in [-0.2, -0.15) is 0 Å². The Morgan fingerprint density at radius 2 is 2.19 bits per heavy atom. The highest BCUT2D eigenvalue weighted by atomic mass is 19.1. The lowest BCUT2D eigenvalue weighted by Gasteiger charge is -2.18. The van der Waals surface area contributed by atoms with Crippen molar-refractivity contribution >= 4 is 0 Å². The number of halogens is 1. The van der Waals surface area contributed by atoms with Crippen LogP contribution in [0.15, 0.2) is 18.2 Å². The second-order valence-corrected chi connectivity index (χ2v) is 4.81. The summed E-state index contributed by atoms with van der Waals surface area (Å²) in [5, 5.41) is 9.98. The van der Waals surface area contributed by atoms with Crippen LogP contribution in [0.4, 0.5) is 4.39 Å². The van der Waals surface area contributed by atoms with Gasteiger partial charge in [0.05, 0.1) is 13.2 Å². The van der Waals surface area contributed by atoms with Gasteiger partial charge < -0.3 is 9.84 Å². The van der Waals surface area contributed by atoms with Crippen molar-refractivity contribution in [1.29, 1.82) is 0 Å². The smallest absolute Gasteiger partial charge is 0.168 e. The SMILES string of the molecule is COc1cccc(CC(O)C2(C)CC2)c1F. The van der Waals surface area contributed by atoms with E-state index in [1.807, 2.05) is 6.92 Å². The van der Waals surface area contributed by atoms with Crippen LogP contribution in [0, 0.1) is 11.2 Å². The van der Waals surface area contributed by atoms with Crippen LogP contribution >= 0.6 is 0 Å². The molecule has 88 valence electrons. The summed E-state index contributed by atoms with van der Waals surface area (Å²) in [5.74, 6) is -0.112. The molecule has 1 N–H and O–H groups in total. The molecule has 0 spiro atoms. The van der Waals surface area contributed by atoms with Gasteiger partial charge in [0.25, 0.3) is 0 Å². The molecule has 0 heterocycles. The van der Waals surface area contributed by atoms with Gasteiger partial charge in [-0.3, -0.25) is 0 Å². The van der Waals surface area contributed by atoms with Gasteiger partial charge in [0.1, 0.15) is 0 Å². The quantitative estimate of drug-likeness (QED) is 0.851. The highest BCUT2D eigenvalue weighted by molar-refractivity contribution is 5.31. The minimum Gasteiger partial charge on any atom is -0.494 e. The first-order chi connectivity index (χ1) is 7.57. The number of ether oxygens (including phenoxy) is 1. The summed E-state index contributed by atoms with van der Waals surface area (Å²) in [6, 6.07) is 5.04. The Hall–Kier alpha value is -1.09. The fourth-order valence-electron chi connectivity index (χ4n) is 1.86. The van der Waals surface area contributed by atoms with E-state index >= 15 is 0 Å². The molecule has 1 aliphatic carbocycles. The Balaban J connectivity index is 2.15. The van der Waals surface area contributed by atoms with Crippen molar-refractivity contribution in [3.8, 4) is 5.75 Å². The fraction of sp³-hybridized carbons (Fsp3) is 0.538. The molecule has 1 aromatic rings. The summed E-state index contributed by atoms with van der Waals surface area (Å²) >= 11 is 0. The van der Waals surface area contributed by atoms with E-state index in [0.717, 1.165) is 12.8 Å². The predicted molar refractivity (Wildman–Crippen MR) is 60.0 cm³/mol. The number of hydrogen-bond donors (Lipinski definition) is 1. The fourth-order valence-corrected chi connectivity index (χ4v) is 1.86. The zero-order valence-electron chi connectivity index (χ0n) is 9.66. The molecule has 1 aromatic carbocycles. The van der Waals surface area contributed by atoms with Crippen LogP contribution in [0.2, 0.25) is 0 Å². The van der Waals surface area contributed by atoms with Gasteiger partial charge in [-0.25, -0.2) is 4.39 Å². The van der Waals surface area contributed by atoms with Gasteiger partial charge in [-0.05, 0) is 29.9 Å². The molecular formula is C13H17FO2. The number of aliphatic hydroxyl groups is 1. The van der Waals surface area contributed by atoms with E-state index in [2.05, 4.69) is 0 Å². The summed E-state index contributed by atoms with van der Waals surface area (Å²) in [7, 11) is 1.45. The topological polar surface area (TPSA) is 29.5 Å². The molecule has 1 unspecified atom stereocenters. The Bertz CT molecular complexity index is 386. The summed E-state index contributed by atoms with van der Waals surface area (Å²) in [6.45, 7) is 2.04. The monoisotopic (exact) mass is 224 g/mol. The normalized spacial score (nSPS) is 19.2. The molecule has 1 aliphatic rings. The Labute approximate surface area is 95.1 Å². The molecule has 2 nitrogen and oxygen atoms in total. The lowest BCUT2D eigenvalue weighted by molar-refractivity contribution is 0.102. The minimum absolute atomic E-state index is 0.00445. The number of hydrogen-bond acceptors (Lipinski definition) is 2. The average Bonchev–Trinajstić information content (AvgIpc) is 3.01. The van der Waals surface area contributed by atoms with Crippen molar-refractivity contribution < 1.29 is 14.2 Å². The molecule has 0 amide bonds. The van der Waals surface area contributed by atoms with Crippen molar-refractivity contribution in [2.24, 2.45) is 5.41 Å². The first-order valence-electron chi connectivity index (χ1n) is 5.56. The zero-order valence-corrected chi connectivity index (χ0v) is 9.66. The molecule has 0 bridgehead atoms. The molecule has 16 heavy (non-hydrogen) atoms. The molecule has 2 rings (SSSR count). The second kappa shape index (κ2) is 4.06. The molecule has 3 heteroatoms. The van der Waals surface area contributed by atoms with Crippen LogP contribution in [0.3, 0.4) is 0 Å². The van der Waals surface area contributed by atoms with Crippen LogP contribution in [-0.2, 0) is 6.42 Å². The van der Waals surface area contributed by atoms with Gasteiger partial charge in [-0.1, -0.05) is 19.1 Å². The van der Waals surface area contributed by atoms with Crippen molar-refractivity contribution in [3.05, 3.63) is 29.6 Å². The number of aliphatic hydroxyl groups excluding tert-OH is 1. The maximum Gasteiger partial charge on any atom is 0.168 e. The van der Waals surface area contributed by atoms with E-state index in [1.165, 1.54) is 7.11 Å².